The lowest BCUT2D eigenvalue weighted by Gasteiger charge is -2.29. The average Bonchev–Trinajstić information content (AvgIpc) is 2.54. The Morgan fingerprint density at radius 3 is 2.62 bits per heavy atom. The first-order valence-electron chi connectivity index (χ1n) is 4.79. The second-order valence-electron chi connectivity index (χ2n) is 4.01. The molecule has 2 heteroatoms. The van der Waals surface area contributed by atoms with Crippen molar-refractivity contribution in [2.24, 2.45) is 5.41 Å². The van der Waals surface area contributed by atoms with Crippen molar-refractivity contribution in [1.82, 2.24) is 5.32 Å². The Kier molecular flexibility index (Phi) is 3.34. The molecule has 0 heterocycles. The Labute approximate surface area is 80.3 Å². The Bertz CT molecular complexity index is 238. The summed E-state index contributed by atoms with van der Waals surface area (Å²) in [5, 5.41) is 12.1. The molecule has 0 saturated heterocycles. The fourth-order valence-electron chi connectivity index (χ4n) is 2.08. The van der Waals surface area contributed by atoms with Crippen molar-refractivity contribution in [1.29, 1.82) is 5.26 Å². The average molecular weight is 176 g/mol. The van der Waals surface area contributed by atoms with Crippen LogP contribution in [0.4, 0.5) is 0 Å². The van der Waals surface area contributed by atoms with Crippen molar-refractivity contribution in [2.75, 3.05) is 6.54 Å². The van der Waals surface area contributed by atoms with E-state index in [4.69, 9.17) is 11.7 Å². The molecule has 1 rings (SSSR count). The number of nitrogens with one attached hydrogen (secondary N) is 1. The Morgan fingerprint density at radius 2 is 2.15 bits per heavy atom. The van der Waals surface area contributed by atoms with Crippen LogP contribution >= 0.6 is 0 Å². The van der Waals surface area contributed by atoms with Gasteiger partial charge in [-0.1, -0.05) is 25.7 Å². The van der Waals surface area contributed by atoms with Gasteiger partial charge in [0, 0.05) is 0 Å². The van der Waals surface area contributed by atoms with E-state index in [0.29, 0.717) is 6.54 Å². The minimum atomic E-state index is -0.0777. The van der Waals surface area contributed by atoms with Crippen molar-refractivity contribution in [2.45, 2.75) is 38.6 Å². The molecule has 1 atom stereocenters. The molecule has 1 aliphatic carbocycles. The Morgan fingerprint density at radius 1 is 1.54 bits per heavy atom. The van der Waals surface area contributed by atoms with E-state index in [9.17, 15) is 0 Å². The maximum absolute atomic E-state index is 9.00. The van der Waals surface area contributed by atoms with E-state index in [0.717, 1.165) is 12.8 Å². The molecule has 0 aromatic rings. The zero-order chi connectivity index (χ0) is 9.73. The van der Waals surface area contributed by atoms with E-state index in [-0.39, 0.29) is 11.5 Å². The van der Waals surface area contributed by atoms with Crippen LogP contribution in [-0.4, -0.2) is 12.6 Å². The largest absolute Gasteiger partial charge is 0.291 e. The zero-order valence-electron chi connectivity index (χ0n) is 8.14. The van der Waals surface area contributed by atoms with Gasteiger partial charge in [0.15, 0.2) is 0 Å². The summed E-state index contributed by atoms with van der Waals surface area (Å²) in [6.07, 6.45) is 9.92. The van der Waals surface area contributed by atoms with Gasteiger partial charge in [0.2, 0.25) is 0 Å². The van der Waals surface area contributed by atoms with E-state index in [1.165, 1.54) is 12.8 Å². The molecule has 0 aromatic carbocycles. The lowest BCUT2D eigenvalue weighted by Crippen LogP contribution is -2.41. The molecule has 13 heavy (non-hydrogen) atoms. The maximum atomic E-state index is 9.00. The van der Waals surface area contributed by atoms with Crippen molar-refractivity contribution >= 4 is 0 Å². The van der Waals surface area contributed by atoms with Crippen molar-refractivity contribution in [3.63, 3.8) is 0 Å². The molecule has 0 radical (unpaired) electrons. The van der Waals surface area contributed by atoms with E-state index >= 15 is 0 Å². The van der Waals surface area contributed by atoms with Crippen molar-refractivity contribution in [3.05, 3.63) is 0 Å². The smallest absolute Gasteiger partial charge is 0.101 e. The lowest BCUT2D eigenvalue weighted by atomic mass is 9.81. The standard InChI is InChI=1S/C11H16N2/c1-3-8-13-10(9-12)11(2)6-4-5-7-11/h1,10,13H,4-8H2,2H3. The van der Waals surface area contributed by atoms with E-state index in [1.54, 1.807) is 0 Å². The molecular formula is C11H16N2. The Hall–Kier alpha value is -0.990. The third kappa shape index (κ3) is 2.23. The number of hydrogen-bond donors (Lipinski definition) is 1. The fourth-order valence-corrected chi connectivity index (χ4v) is 2.08. The number of hydrogen-bond acceptors (Lipinski definition) is 2. The quantitative estimate of drug-likeness (QED) is 0.664. The minimum absolute atomic E-state index is 0.0777. The highest BCUT2D eigenvalue weighted by Crippen LogP contribution is 2.40. The summed E-state index contributed by atoms with van der Waals surface area (Å²) in [6, 6.07) is 2.23. The summed E-state index contributed by atoms with van der Waals surface area (Å²) in [5.41, 5.74) is 0.144. The number of rotatable bonds is 3. The van der Waals surface area contributed by atoms with E-state index < -0.39 is 0 Å². The van der Waals surface area contributed by atoms with Gasteiger partial charge in [0.25, 0.3) is 0 Å². The highest BCUT2D eigenvalue weighted by Gasteiger charge is 2.36. The Balaban J connectivity index is 2.56. The number of nitriles is 1. The predicted molar refractivity (Wildman–Crippen MR) is 52.8 cm³/mol. The second-order valence-corrected chi connectivity index (χ2v) is 4.01. The normalized spacial score (nSPS) is 21.8. The second kappa shape index (κ2) is 4.30. The van der Waals surface area contributed by atoms with Gasteiger partial charge in [-0.25, -0.2) is 0 Å². The summed E-state index contributed by atoms with van der Waals surface area (Å²) in [7, 11) is 0. The summed E-state index contributed by atoms with van der Waals surface area (Å²) in [5.74, 6) is 2.51. The maximum Gasteiger partial charge on any atom is 0.101 e. The molecule has 0 aliphatic heterocycles. The SMILES string of the molecule is C#CCNC(C#N)C1(C)CCCC1. The predicted octanol–water partition coefficient (Wildman–Crippen LogP) is 1.68. The van der Waals surface area contributed by atoms with Crippen LogP contribution < -0.4 is 5.32 Å². The van der Waals surface area contributed by atoms with Gasteiger partial charge in [0.1, 0.15) is 6.04 Å². The summed E-state index contributed by atoms with van der Waals surface area (Å²) >= 11 is 0. The van der Waals surface area contributed by atoms with Crippen LogP contribution in [0, 0.1) is 29.1 Å². The van der Waals surface area contributed by atoms with Crippen LogP contribution in [0.3, 0.4) is 0 Å². The van der Waals surface area contributed by atoms with Crippen molar-refractivity contribution < 1.29 is 0 Å². The van der Waals surface area contributed by atoms with E-state index in [1.807, 2.05) is 0 Å². The third-order valence-electron chi connectivity index (χ3n) is 2.98. The first-order chi connectivity index (χ1) is 6.23. The van der Waals surface area contributed by atoms with Gasteiger partial charge in [-0.3, -0.25) is 5.32 Å². The molecule has 1 fully saturated rings. The van der Waals surface area contributed by atoms with Crippen LogP contribution in [0.5, 0.6) is 0 Å². The molecule has 70 valence electrons. The molecule has 0 bridgehead atoms. The molecule has 1 aliphatic rings. The number of nitrogens with zero attached hydrogens (tertiary/aromatic N) is 1. The summed E-state index contributed by atoms with van der Waals surface area (Å²) in [4.78, 5) is 0. The molecular weight excluding hydrogens is 160 g/mol. The zero-order valence-corrected chi connectivity index (χ0v) is 8.14. The number of terminal acetylenes is 1. The molecule has 1 saturated carbocycles. The molecule has 2 nitrogen and oxygen atoms in total. The van der Waals surface area contributed by atoms with Crippen molar-refractivity contribution in [3.8, 4) is 18.4 Å². The monoisotopic (exact) mass is 176 g/mol. The van der Waals surface area contributed by atoms with Gasteiger partial charge in [-0.15, -0.1) is 6.42 Å². The van der Waals surface area contributed by atoms with E-state index in [2.05, 4.69) is 24.2 Å². The first-order valence-corrected chi connectivity index (χ1v) is 4.79. The first kappa shape index (κ1) is 10.1. The summed E-state index contributed by atoms with van der Waals surface area (Å²) < 4.78 is 0. The van der Waals surface area contributed by atoms with Gasteiger partial charge in [0.05, 0.1) is 12.6 Å². The van der Waals surface area contributed by atoms with Crippen LogP contribution in [-0.2, 0) is 0 Å². The highest BCUT2D eigenvalue weighted by molar-refractivity contribution is 5.05. The molecule has 0 amide bonds. The lowest BCUT2D eigenvalue weighted by molar-refractivity contribution is 0.270. The highest BCUT2D eigenvalue weighted by atomic mass is 14.9. The third-order valence-corrected chi connectivity index (χ3v) is 2.98. The molecule has 1 N–H and O–H groups in total. The topological polar surface area (TPSA) is 35.8 Å². The fraction of sp³-hybridized carbons (Fsp3) is 0.727. The van der Waals surface area contributed by atoms with Gasteiger partial charge in [-0.05, 0) is 18.3 Å². The van der Waals surface area contributed by atoms with Crippen LogP contribution in [0.2, 0.25) is 0 Å². The van der Waals surface area contributed by atoms with Gasteiger partial charge >= 0.3 is 0 Å². The summed E-state index contributed by atoms with van der Waals surface area (Å²) in [6.45, 7) is 2.67. The van der Waals surface area contributed by atoms with Crippen LogP contribution in [0.1, 0.15) is 32.6 Å². The molecule has 0 spiro atoms. The van der Waals surface area contributed by atoms with Gasteiger partial charge < -0.3 is 0 Å². The minimum Gasteiger partial charge on any atom is -0.291 e. The van der Waals surface area contributed by atoms with Crippen LogP contribution in [0.25, 0.3) is 0 Å². The van der Waals surface area contributed by atoms with Crippen LogP contribution in [0.15, 0.2) is 0 Å². The molecule has 1 unspecified atom stereocenters. The van der Waals surface area contributed by atoms with Gasteiger partial charge in [-0.2, -0.15) is 5.26 Å². The molecule has 0 aromatic heterocycles.